The highest BCUT2D eigenvalue weighted by Crippen LogP contribution is 2.19. The number of ketones is 1. The van der Waals surface area contributed by atoms with Gasteiger partial charge in [-0.25, -0.2) is 0 Å². The van der Waals surface area contributed by atoms with Gasteiger partial charge < -0.3 is 4.74 Å². The van der Waals surface area contributed by atoms with Crippen molar-refractivity contribution in [2.45, 2.75) is 52.0 Å². The lowest BCUT2D eigenvalue weighted by Crippen LogP contribution is -2.25. The fourth-order valence-electron chi connectivity index (χ4n) is 2.68. The fourth-order valence-corrected chi connectivity index (χ4v) is 2.68. The molecular weight excluding hydrogens is 240 g/mol. The van der Waals surface area contributed by atoms with Gasteiger partial charge in [0.05, 0.1) is 18.2 Å². The number of nitrogens with zero attached hydrogens (tertiary/aromatic N) is 2. The Morgan fingerprint density at radius 3 is 2.74 bits per heavy atom. The summed E-state index contributed by atoms with van der Waals surface area (Å²) in [5.41, 5.74) is 0.906. The van der Waals surface area contributed by atoms with Crippen LogP contribution in [0.2, 0.25) is 0 Å². The summed E-state index contributed by atoms with van der Waals surface area (Å²) >= 11 is 0. The van der Waals surface area contributed by atoms with Gasteiger partial charge in [-0.05, 0) is 31.7 Å². The van der Waals surface area contributed by atoms with Crippen molar-refractivity contribution in [3.05, 3.63) is 18.0 Å². The van der Waals surface area contributed by atoms with E-state index in [0.717, 1.165) is 44.6 Å². The Morgan fingerprint density at radius 2 is 2.11 bits per heavy atom. The van der Waals surface area contributed by atoms with Crippen molar-refractivity contribution < 1.29 is 9.53 Å². The topological polar surface area (TPSA) is 44.1 Å². The third-order valence-electron chi connectivity index (χ3n) is 4.01. The molecule has 0 radical (unpaired) electrons. The summed E-state index contributed by atoms with van der Waals surface area (Å²) in [7, 11) is 0. The number of carbonyl (C=O) groups is 1. The number of hydrogen-bond acceptors (Lipinski definition) is 3. The van der Waals surface area contributed by atoms with Crippen LogP contribution in [0.5, 0.6) is 0 Å². The first-order valence-electron chi connectivity index (χ1n) is 7.39. The number of carbonyl (C=O) groups excluding carboxylic acids is 1. The van der Waals surface area contributed by atoms with Gasteiger partial charge in [0.25, 0.3) is 0 Å². The van der Waals surface area contributed by atoms with Gasteiger partial charge in [-0.1, -0.05) is 13.8 Å². The number of rotatable bonds is 6. The molecule has 1 fully saturated rings. The Labute approximate surface area is 115 Å². The van der Waals surface area contributed by atoms with E-state index in [-0.39, 0.29) is 5.92 Å². The van der Waals surface area contributed by atoms with Crippen LogP contribution >= 0.6 is 0 Å². The van der Waals surface area contributed by atoms with Gasteiger partial charge in [0.1, 0.15) is 5.78 Å². The van der Waals surface area contributed by atoms with E-state index in [4.69, 9.17) is 4.74 Å². The van der Waals surface area contributed by atoms with E-state index < -0.39 is 0 Å². The molecule has 19 heavy (non-hydrogen) atoms. The summed E-state index contributed by atoms with van der Waals surface area (Å²) in [6.07, 6.45) is 6.36. The van der Waals surface area contributed by atoms with Gasteiger partial charge in [-0.3, -0.25) is 9.48 Å². The van der Waals surface area contributed by atoms with Crippen LogP contribution < -0.4 is 0 Å². The quantitative estimate of drug-likeness (QED) is 0.793. The lowest BCUT2D eigenvalue weighted by molar-refractivity contribution is -0.125. The van der Waals surface area contributed by atoms with Crippen LogP contribution in [-0.4, -0.2) is 28.8 Å². The third-order valence-corrected chi connectivity index (χ3v) is 4.01. The van der Waals surface area contributed by atoms with Crippen molar-refractivity contribution in [2.24, 2.45) is 5.92 Å². The van der Waals surface area contributed by atoms with Gasteiger partial charge >= 0.3 is 0 Å². The SMILES string of the molecule is CCC(CC)n1ccc(CC(=O)C2CCOCC2)n1. The highest BCUT2D eigenvalue weighted by atomic mass is 16.5. The second-order valence-corrected chi connectivity index (χ2v) is 5.29. The second kappa shape index (κ2) is 6.85. The van der Waals surface area contributed by atoms with E-state index >= 15 is 0 Å². The largest absolute Gasteiger partial charge is 0.381 e. The van der Waals surface area contributed by atoms with Crippen molar-refractivity contribution in [2.75, 3.05) is 13.2 Å². The summed E-state index contributed by atoms with van der Waals surface area (Å²) in [4.78, 5) is 12.2. The molecule has 0 saturated carbocycles. The molecule has 0 aromatic carbocycles. The Hall–Kier alpha value is -1.16. The molecule has 1 aromatic heterocycles. The highest BCUT2D eigenvalue weighted by molar-refractivity contribution is 5.82. The molecule has 0 bridgehead atoms. The predicted octanol–water partition coefficient (Wildman–Crippen LogP) is 2.78. The average Bonchev–Trinajstić information content (AvgIpc) is 2.89. The molecule has 0 amide bonds. The number of hydrogen-bond donors (Lipinski definition) is 0. The molecule has 1 aliphatic rings. The minimum atomic E-state index is 0.173. The molecule has 106 valence electrons. The van der Waals surface area contributed by atoms with Crippen molar-refractivity contribution in [1.82, 2.24) is 9.78 Å². The van der Waals surface area contributed by atoms with E-state index in [0.29, 0.717) is 18.2 Å². The van der Waals surface area contributed by atoms with Crippen LogP contribution in [0.1, 0.15) is 51.3 Å². The zero-order chi connectivity index (χ0) is 13.7. The molecule has 2 rings (SSSR count). The molecule has 2 heterocycles. The molecule has 0 N–H and O–H groups in total. The molecule has 0 aliphatic carbocycles. The lowest BCUT2D eigenvalue weighted by atomic mass is 9.93. The summed E-state index contributed by atoms with van der Waals surface area (Å²) in [6, 6.07) is 2.43. The maximum Gasteiger partial charge on any atom is 0.142 e. The first-order chi connectivity index (χ1) is 9.24. The molecule has 1 aromatic rings. The van der Waals surface area contributed by atoms with Crippen molar-refractivity contribution in [1.29, 1.82) is 0 Å². The van der Waals surface area contributed by atoms with Gasteiger partial charge in [-0.2, -0.15) is 5.10 Å². The van der Waals surface area contributed by atoms with Crippen LogP contribution in [0.25, 0.3) is 0 Å². The van der Waals surface area contributed by atoms with Crippen molar-refractivity contribution in [3.63, 3.8) is 0 Å². The molecule has 1 saturated heterocycles. The zero-order valence-electron chi connectivity index (χ0n) is 12.0. The van der Waals surface area contributed by atoms with E-state index in [1.54, 1.807) is 0 Å². The smallest absolute Gasteiger partial charge is 0.142 e. The first-order valence-corrected chi connectivity index (χ1v) is 7.39. The van der Waals surface area contributed by atoms with E-state index in [1.807, 2.05) is 16.9 Å². The monoisotopic (exact) mass is 264 g/mol. The van der Waals surface area contributed by atoms with Crippen LogP contribution in [-0.2, 0) is 16.0 Å². The fraction of sp³-hybridized carbons (Fsp3) is 0.733. The number of Topliss-reactive ketones (excluding diaryl/α,β-unsaturated/α-hetero) is 1. The minimum Gasteiger partial charge on any atom is -0.381 e. The van der Waals surface area contributed by atoms with Crippen molar-refractivity contribution in [3.8, 4) is 0 Å². The predicted molar refractivity (Wildman–Crippen MR) is 74.1 cm³/mol. The Morgan fingerprint density at radius 1 is 1.42 bits per heavy atom. The maximum atomic E-state index is 12.2. The molecule has 1 aliphatic heterocycles. The van der Waals surface area contributed by atoms with Crippen LogP contribution in [0.3, 0.4) is 0 Å². The number of aromatic nitrogens is 2. The van der Waals surface area contributed by atoms with Gasteiger partial charge in [0, 0.05) is 25.3 Å². The Balaban J connectivity index is 1.93. The molecule has 0 atom stereocenters. The molecule has 0 spiro atoms. The molecule has 0 unspecified atom stereocenters. The van der Waals surface area contributed by atoms with E-state index in [9.17, 15) is 4.79 Å². The summed E-state index contributed by atoms with van der Waals surface area (Å²) in [5, 5.41) is 4.55. The molecule has 4 heteroatoms. The average molecular weight is 264 g/mol. The summed E-state index contributed by atoms with van der Waals surface area (Å²) < 4.78 is 7.30. The summed E-state index contributed by atoms with van der Waals surface area (Å²) in [6.45, 7) is 5.78. The third kappa shape index (κ3) is 3.66. The van der Waals surface area contributed by atoms with E-state index in [1.165, 1.54) is 0 Å². The van der Waals surface area contributed by atoms with Crippen LogP contribution in [0.4, 0.5) is 0 Å². The summed E-state index contributed by atoms with van der Waals surface area (Å²) in [5.74, 6) is 0.491. The number of ether oxygens (including phenoxy) is 1. The molecule has 4 nitrogen and oxygen atoms in total. The van der Waals surface area contributed by atoms with Crippen LogP contribution in [0.15, 0.2) is 12.3 Å². The Bertz CT molecular complexity index is 404. The van der Waals surface area contributed by atoms with Gasteiger partial charge in [0.2, 0.25) is 0 Å². The lowest BCUT2D eigenvalue weighted by Gasteiger charge is -2.20. The van der Waals surface area contributed by atoms with Crippen LogP contribution in [0, 0.1) is 5.92 Å². The Kier molecular flexibility index (Phi) is 5.14. The normalized spacial score (nSPS) is 17.0. The molecular formula is C15H24N2O2. The highest BCUT2D eigenvalue weighted by Gasteiger charge is 2.22. The standard InChI is InChI=1S/C15H24N2O2/c1-3-14(4-2)17-8-5-13(16-17)11-15(18)12-6-9-19-10-7-12/h5,8,12,14H,3-4,6-7,9-11H2,1-2H3. The maximum absolute atomic E-state index is 12.2. The van der Waals surface area contributed by atoms with E-state index in [2.05, 4.69) is 18.9 Å². The minimum absolute atomic E-state index is 0.173. The first kappa shape index (κ1) is 14.3. The zero-order valence-corrected chi connectivity index (χ0v) is 12.0. The van der Waals surface area contributed by atoms with Gasteiger partial charge in [-0.15, -0.1) is 0 Å². The van der Waals surface area contributed by atoms with Gasteiger partial charge in [0.15, 0.2) is 0 Å². The second-order valence-electron chi connectivity index (χ2n) is 5.29. The van der Waals surface area contributed by atoms with Crippen molar-refractivity contribution >= 4 is 5.78 Å².